The van der Waals surface area contributed by atoms with Gasteiger partial charge in [0, 0.05) is 31.0 Å². The fourth-order valence-corrected chi connectivity index (χ4v) is 3.02. The lowest BCUT2D eigenvalue weighted by Gasteiger charge is -2.27. The second kappa shape index (κ2) is 6.02. The molecule has 0 bridgehead atoms. The lowest BCUT2D eigenvalue weighted by molar-refractivity contribution is 0.122. The van der Waals surface area contributed by atoms with E-state index in [0.717, 1.165) is 24.5 Å². The van der Waals surface area contributed by atoms with Gasteiger partial charge >= 0.3 is 0 Å². The fraction of sp³-hybridized carbons (Fsp3) is 0.333. The van der Waals surface area contributed by atoms with Crippen molar-refractivity contribution in [1.29, 1.82) is 0 Å². The van der Waals surface area contributed by atoms with E-state index in [-0.39, 0.29) is 4.90 Å². The molecule has 0 atom stereocenters. The topological polar surface area (TPSA) is 72.4 Å². The summed E-state index contributed by atoms with van der Waals surface area (Å²) in [7, 11) is -3.23. The van der Waals surface area contributed by atoms with E-state index in [1.807, 2.05) is 12.1 Å². The van der Waals surface area contributed by atoms with E-state index < -0.39 is 9.84 Å². The first kappa shape index (κ1) is 14.9. The molecular weight excluding hydrogens is 302 g/mol. The number of benzene rings is 1. The number of nitrogens with zero attached hydrogens (tertiary/aromatic N) is 3. The molecule has 0 saturated carbocycles. The standard InChI is InChI=1S/C15H17N3O3S/c1-22(19,20)13-4-2-3-12(9-13)14-10-15(17-11-16-14)18-5-7-21-8-6-18/h2-4,9-11H,5-8H2,1H3. The molecule has 2 heterocycles. The Kier molecular flexibility index (Phi) is 4.08. The van der Waals surface area contributed by atoms with Gasteiger partial charge in [-0.25, -0.2) is 18.4 Å². The summed E-state index contributed by atoms with van der Waals surface area (Å²) in [5, 5.41) is 0. The number of aromatic nitrogens is 2. The van der Waals surface area contributed by atoms with Crippen molar-refractivity contribution >= 4 is 15.7 Å². The minimum absolute atomic E-state index is 0.288. The zero-order valence-electron chi connectivity index (χ0n) is 12.3. The summed E-state index contributed by atoms with van der Waals surface area (Å²) >= 11 is 0. The van der Waals surface area contributed by atoms with E-state index in [9.17, 15) is 8.42 Å². The van der Waals surface area contributed by atoms with Crippen LogP contribution >= 0.6 is 0 Å². The van der Waals surface area contributed by atoms with Crippen molar-refractivity contribution in [2.45, 2.75) is 4.90 Å². The van der Waals surface area contributed by atoms with Crippen LogP contribution in [-0.2, 0) is 14.6 Å². The van der Waals surface area contributed by atoms with Crippen molar-refractivity contribution in [1.82, 2.24) is 9.97 Å². The molecule has 1 saturated heterocycles. The van der Waals surface area contributed by atoms with Crippen LogP contribution in [0.5, 0.6) is 0 Å². The van der Waals surface area contributed by atoms with Crippen LogP contribution in [0, 0.1) is 0 Å². The fourth-order valence-electron chi connectivity index (χ4n) is 2.36. The summed E-state index contributed by atoms with van der Waals surface area (Å²) in [6, 6.07) is 8.68. The van der Waals surface area contributed by atoms with Crippen molar-refractivity contribution in [2.75, 3.05) is 37.5 Å². The number of hydrogen-bond acceptors (Lipinski definition) is 6. The first-order chi connectivity index (χ1) is 10.5. The minimum atomic E-state index is -3.23. The van der Waals surface area contributed by atoms with Crippen LogP contribution in [0.25, 0.3) is 11.3 Å². The van der Waals surface area contributed by atoms with Gasteiger partial charge in [0.25, 0.3) is 0 Å². The average Bonchev–Trinajstić information content (AvgIpc) is 2.55. The number of hydrogen-bond donors (Lipinski definition) is 0. The maximum Gasteiger partial charge on any atom is 0.175 e. The third kappa shape index (κ3) is 3.26. The van der Waals surface area contributed by atoms with E-state index in [4.69, 9.17) is 4.74 Å². The highest BCUT2D eigenvalue weighted by Gasteiger charge is 2.14. The highest BCUT2D eigenvalue weighted by molar-refractivity contribution is 7.90. The molecule has 1 aromatic heterocycles. The molecule has 0 spiro atoms. The molecule has 0 radical (unpaired) electrons. The van der Waals surface area contributed by atoms with Crippen LogP contribution < -0.4 is 4.90 Å². The Labute approximate surface area is 129 Å². The Morgan fingerprint density at radius 3 is 2.64 bits per heavy atom. The van der Waals surface area contributed by atoms with Gasteiger partial charge < -0.3 is 9.64 Å². The van der Waals surface area contributed by atoms with E-state index >= 15 is 0 Å². The molecule has 116 valence electrons. The van der Waals surface area contributed by atoms with Gasteiger partial charge in [0.2, 0.25) is 0 Å². The molecule has 0 unspecified atom stereocenters. The minimum Gasteiger partial charge on any atom is -0.378 e. The third-order valence-electron chi connectivity index (χ3n) is 3.55. The molecule has 2 aromatic rings. The first-order valence-corrected chi connectivity index (χ1v) is 8.88. The number of sulfone groups is 1. The summed E-state index contributed by atoms with van der Waals surface area (Å²) in [6.07, 6.45) is 2.71. The Hall–Kier alpha value is -1.99. The number of rotatable bonds is 3. The van der Waals surface area contributed by atoms with Crippen molar-refractivity contribution < 1.29 is 13.2 Å². The summed E-state index contributed by atoms with van der Waals surface area (Å²) < 4.78 is 28.7. The maximum atomic E-state index is 11.7. The Morgan fingerprint density at radius 2 is 1.91 bits per heavy atom. The van der Waals surface area contributed by atoms with Gasteiger partial charge in [0.05, 0.1) is 23.8 Å². The van der Waals surface area contributed by atoms with Crippen LogP contribution in [-0.4, -0.2) is 50.9 Å². The molecule has 22 heavy (non-hydrogen) atoms. The smallest absolute Gasteiger partial charge is 0.175 e. The number of anilines is 1. The Morgan fingerprint density at radius 1 is 1.14 bits per heavy atom. The Bertz CT molecular complexity index is 771. The third-order valence-corrected chi connectivity index (χ3v) is 4.66. The summed E-state index contributed by atoms with van der Waals surface area (Å²) in [5.74, 6) is 0.832. The maximum absolute atomic E-state index is 11.7. The van der Waals surface area contributed by atoms with E-state index in [2.05, 4.69) is 14.9 Å². The average molecular weight is 319 g/mol. The molecule has 1 aliphatic rings. The second-order valence-corrected chi connectivity index (χ2v) is 7.18. The van der Waals surface area contributed by atoms with Gasteiger partial charge in [0.1, 0.15) is 12.1 Å². The van der Waals surface area contributed by atoms with Crippen LogP contribution in [0.2, 0.25) is 0 Å². The molecule has 7 heteroatoms. The van der Waals surface area contributed by atoms with Gasteiger partial charge in [-0.2, -0.15) is 0 Å². The van der Waals surface area contributed by atoms with Crippen LogP contribution in [0.4, 0.5) is 5.82 Å². The normalized spacial score (nSPS) is 15.8. The van der Waals surface area contributed by atoms with Gasteiger partial charge in [-0.15, -0.1) is 0 Å². The van der Waals surface area contributed by atoms with Gasteiger partial charge in [-0.3, -0.25) is 0 Å². The molecular formula is C15H17N3O3S. The summed E-state index contributed by atoms with van der Waals surface area (Å²) in [6.45, 7) is 2.95. The zero-order chi connectivity index (χ0) is 15.6. The quantitative estimate of drug-likeness (QED) is 0.851. The monoisotopic (exact) mass is 319 g/mol. The van der Waals surface area contributed by atoms with Crippen LogP contribution in [0.1, 0.15) is 0 Å². The number of morpholine rings is 1. The lowest BCUT2D eigenvalue weighted by Crippen LogP contribution is -2.36. The van der Waals surface area contributed by atoms with E-state index in [0.29, 0.717) is 18.9 Å². The molecule has 0 aliphatic carbocycles. The van der Waals surface area contributed by atoms with Crippen molar-refractivity contribution in [2.24, 2.45) is 0 Å². The summed E-state index contributed by atoms with van der Waals surface area (Å²) in [5.41, 5.74) is 1.47. The highest BCUT2D eigenvalue weighted by atomic mass is 32.2. The predicted molar refractivity (Wildman–Crippen MR) is 83.6 cm³/mol. The number of ether oxygens (including phenoxy) is 1. The highest BCUT2D eigenvalue weighted by Crippen LogP contribution is 2.23. The lowest BCUT2D eigenvalue weighted by atomic mass is 10.1. The molecule has 3 rings (SSSR count). The van der Waals surface area contributed by atoms with Gasteiger partial charge in [-0.1, -0.05) is 12.1 Å². The van der Waals surface area contributed by atoms with Gasteiger partial charge in [-0.05, 0) is 12.1 Å². The Balaban J connectivity index is 1.95. The zero-order valence-corrected chi connectivity index (χ0v) is 13.1. The van der Waals surface area contributed by atoms with Crippen molar-refractivity contribution in [3.05, 3.63) is 36.7 Å². The largest absolute Gasteiger partial charge is 0.378 e. The first-order valence-electron chi connectivity index (χ1n) is 6.99. The molecule has 0 amide bonds. The van der Waals surface area contributed by atoms with Crippen molar-refractivity contribution in [3.8, 4) is 11.3 Å². The van der Waals surface area contributed by atoms with Crippen molar-refractivity contribution in [3.63, 3.8) is 0 Å². The molecule has 1 fully saturated rings. The second-order valence-electron chi connectivity index (χ2n) is 5.16. The molecule has 0 N–H and O–H groups in total. The summed E-state index contributed by atoms with van der Waals surface area (Å²) in [4.78, 5) is 11.0. The van der Waals surface area contributed by atoms with E-state index in [1.54, 1.807) is 18.2 Å². The van der Waals surface area contributed by atoms with E-state index in [1.165, 1.54) is 12.6 Å². The SMILES string of the molecule is CS(=O)(=O)c1cccc(-c2cc(N3CCOCC3)ncn2)c1. The van der Waals surface area contributed by atoms with Crippen LogP contribution in [0.15, 0.2) is 41.6 Å². The molecule has 1 aromatic carbocycles. The van der Waals surface area contributed by atoms with Crippen LogP contribution in [0.3, 0.4) is 0 Å². The van der Waals surface area contributed by atoms with Gasteiger partial charge in [0.15, 0.2) is 9.84 Å². The predicted octanol–water partition coefficient (Wildman–Crippen LogP) is 1.38. The molecule has 6 nitrogen and oxygen atoms in total. The molecule has 1 aliphatic heterocycles.